The Bertz CT molecular complexity index is 159. The maximum absolute atomic E-state index is 11.7. The van der Waals surface area contributed by atoms with Crippen LogP contribution in [0.15, 0.2) is 5.10 Å². The third-order valence-electron chi connectivity index (χ3n) is 0.807. The molecule has 0 aromatic rings. The van der Waals surface area contributed by atoms with Gasteiger partial charge in [0.15, 0.2) is 0 Å². The molecule has 0 saturated carbocycles. The number of rotatable bonds is 3. The molecule has 0 saturated heterocycles. The molecule has 64 valence electrons. The molecule has 0 atom stereocenters. The Kier molecular flexibility index (Phi) is 5.06. The Labute approximate surface area is 64.4 Å². The first-order valence-electron chi connectivity index (χ1n) is 3.22. The summed E-state index contributed by atoms with van der Waals surface area (Å²) in [4.78, 5) is 10.5. The second-order valence-electron chi connectivity index (χ2n) is 1.81. The van der Waals surface area contributed by atoms with E-state index in [2.05, 4.69) is 9.84 Å². The van der Waals surface area contributed by atoms with Gasteiger partial charge in [0.1, 0.15) is 6.67 Å². The van der Waals surface area contributed by atoms with E-state index in [0.29, 0.717) is 0 Å². The minimum Gasteiger partial charge on any atom is -0.449 e. The number of hydrogen-bond acceptors (Lipinski definition) is 3. The third-order valence-corrected chi connectivity index (χ3v) is 0.807. The van der Waals surface area contributed by atoms with Gasteiger partial charge in [0.2, 0.25) is 0 Å². The maximum Gasteiger partial charge on any atom is 0.427 e. The summed E-state index contributed by atoms with van der Waals surface area (Å²) in [6.45, 7) is 2.74. The number of carbonyl (C=O) groups is 1. The highest BCUT2D eigenvalue weighted by Gasteiger charge is 1.96. The fourth-order valence-corrected chi connectivity index (χ4v) is 0.334. The van der Waals surface area contributed by atoms with E-state index in [9.17, 15) is 9.18 Å². The van der Waals surface area contributed by atoms with Crippen LogP contribution in [0.3, 0.4) is 0 Å². The first-order chi connectivity index (χ1) is 5.20. The van der Waals surface area contributed by atoms with E-state index < -0.39 is 12.8 Å². The Morgan fingerprint density at radius 2 is 2.36 bits per heavy atom. The molecule has 4 nitrogen and oxygen atoms in total. The molecule has 1 amide bonds. The van der Waals surface area contributed by atoms with Gasteiger partial charge in [0.05, 0.1) is 12.3 Å². The Morgan fingerprint density at radius 1 is 1.73 bits per heavy atom. The molecule has 0 spiro atoms. The highest BCUT2D eigenvalue weighted by Crippen LogP contribution is 1.79. The van der Waals surface area contributed by atoms with Crippen LogP contribution in [0.5, 0.6) is 0 Å². The van der Waals surface area contributed by atoms with Crippen molar-refractivity contribution >= 4 is 11.8 Å². The molecule has 5 heteroatoms. The smallest absolute Gasteiger partial charge is 0.427 e. The number of hydrogen-bond donors (Lipinski definition) is 1. The molecule has 0 aliphatic rings. The van der Waals surface area contributed by atoms with Crippen molar-refractivity contribution in [2.45, 2.75) is 13.8 Å². The van der Waals surface area contributed by atoms with Gasteiger partial charge in [0, 0.05) is 0 Å². The van der Waals surface area contributed by atoms with Crippen LogP contribution in [0, 0.1) is 0 Å². The number of hydrazone groups is 1. The molecule has 0 rings (SSSR count). The molecule has 0 aliphatic carbocycles. The zero-order valence-electron chi connectivity index (χ0n) is 6.56. The van der Waals surface area contributed by atoms with E-state index in [1.807, 2.05) is 5.43 Å². The van der Waals surface area contributed by atoms with Crippen molar-refractivity contribution < 1.29 is 13.9 Å². The number of amides is 1. The van der Waals surface area contributed by atoms with E-state index in [1.54, 1.807) is 6.92 Å². The Balaban J connectivity index is 3.60. The van der Waals surface area contributed by atoms with Crippen molar-refractivity contribution in [2.24, 2.45) is 5.10 Å². The van der Waals surface area contributed by atoms with Crippen LogP contribution in [0.1, 0.15) is 13.8 Å². The zero-order chi connectivity index (χ0) is 8.69. The summed E-state index contributed by atoms with van der Waals surface area (Å²) in [6.07, 6.45) is -0.666. The van der Waals surface area contributed by atoms with Crippen LogP contribution in [-0.2, 0) is 4.74 Å². The number of halogens is 1. The van der Waals surface area contributed by atoms with E-state index in [1.165, 1.54) is 6.92 Å². The number of nitrogens with one attached hydrogen (secondary N) is 1. The van der Waals surface area contributed by atoms with Crippen molar-refractivity contribution in [1.29, 1.82) is 0 Å². The lowest BCUT2D eigenvalue weighted by Crippen LogP contribution is -2.20. The second-order valence-corrected chi connectivity index (χ2v) is 1.81. The molecular weight excluding hydrogens is 151 g/mol. The summed E-state index contributed by atoms with van der Waals surface area (Å²) in [6, 6.07) is 0. The van der Waals surface area contributed by atoms with E-state index in [0.717, 1.165) is 0 Å². The summed E-state index contributed by atoms with van der Waals surface area (Å²) < 4.78 is 16.2. The molecule has 11 heavy (non-hydrogen) atoms. The quantitative estimate of drug-likeness (QED) is 0.498. The number of ether oxygens (including phenoxy) is 1. The first kappa shape index (κ1) is 9.87. The van der Waals surface area contributed by atoms with Gasteiger partial charge in [-0.1, -0.05) is 0 Å². The lowest BCUT2D eigenvalue weighted by atomic mass is 10.5. The molecule has 0 unspecified atom stereocenters. The van der Waals surface area contributed by atoms with E-state index in [4.69, 9.17) is 0 Å². The number of carbonyl (C=O) groups excluding carboxylic acids is 1. The van der Waals surface area contributed by atoms with E-state index in [-0.39, 0.29) is 12.3 Å². The normalized spacial score (nSPS) is 11.0. The fraction of sp³-hybridized carbons (Fsp3) is 0.667. The van der Waals surface area contributed by atoms with Crippen molar-refractivity contribution in [3.8, 4) is 0 Å². The molecule has 0 radical (unpaired) electrons. The monoisotopic (exact) mass is 162 g/mol. The second kappa shape index (κ2) is 5.64. The lowest BCUT2D eigenvalue weighted by Gasteiger charge is -1.99. The van der Waals surface area contributed by atoms with Gasteiger partial charge in [-0.05, 0) is 13.8 Å². The summed E-state index contributed by atoms with van der Waals surface area (Å²) in [5.41, 5.74) is 2.23. The fourth-order valence-electron chi connectivity index (χ4n) is 0.334. The van der Waals surface area contributed by atoms with Crippen molar-refractivity contribution in [3.05, 3.63) is 0 Å². The van der Waals surface area contributed by atoms with Gasteiger partial charge in [0.25, 0.3) is 0 Å². The van der Waals surface area contributed by atoms with Crippen molar-refractivity contribution in [1.82, 2.24) is 5.43 Å². The average molecular weight is 162 g/mol. The predicted octanol–water partition coefficient (Wildman–Crippen LogP) is 1.08. The summed E-state index contributed by atoms with van der Waals surface area (Å²) >= 11 is 0. The molecule has 1 N–H and O–H groups in total. The van der Waals surface area contributed by atoms with Crippen LogP contribution in [0.2, 0.25) is 0 Å². The molecular formula is C6H11FN2O2. The van der Waals surface area contributed by atoms with Gasteiger partial charge in [-0.15, -0.1) is 0 Å². The number of nitrogens with zero attached hydrogens (tertiary/aromatic N) is 1. The van der Waals surface area contributed by atoms with Crippen molar-refractivity contribution in [2.75, 3.05) is 13.3 Å². The largest absolute Gasteiger partial charge is 0.449 e. The minimum absolute atomic E-state index is 0.207. The molecule has 0 aromatic heterocycles. The Morgan fingerprint density at radius 3 is 2.82 bits per heavy atom. The SMILES string of the molecule is CCOC(=O)N/N=C(\C)CF. The molecule has 0 bridgehead atoms. The average Bonchev–Trinajstić information content (AvgIpc) is 2.01. The van der Waals surface area contributed by atoms with Gasteiger partial charge < -0.3 is 4.74 Å². The molecule has 0 heterocycles. The van der Waals surface area contributed by atoms with Gasteiger partial charge >= 0.3 is 6.09 Å². The van der Waals surface area contributed by atoms with Gasteiger partial charge in [-0.25, -0.2) is 14.6 Å². The maximum atomic E-state index is 11.7. The van der Waals surface area contributed by atoms with Crippen LogP contribution in [-0.4, -0.2) is 25.1 Å². The van der Waals surface area contributed by atoms with Crippen molar-refractivity contribution in [3.63, 3.8) is 0 Å². The van der Waals surface area contributed by atoms with Crippen LogP contribution >= 0.6 is 0 Å². The van der Waals surface area contributed by atoms with E-state index >= 15 is 0 Å². The molecule has 0 aromatic carbocycles. The van der Waals surface area contributed by atoms with Gasteiger partial charge in [-0.3, -0.25) is 0 Å². The summed E-state index contributed by atoms with van der Waals surface area (Å²) in [5, 5.41) is 3.38. The van der Waals surface area contributed by atoms with Gasteiger partial charge in [-0.2, -0.15) is 5.10 Å². The molecule has 0 fully saturated rings. The van der Waals surface area contributed by atoms with Crippen LogP contribution in [0.25, 0.3) is 0 Å². The minimum atomic E-state index is -0.674. The van der Waals surface area contributed by atoms with Crippen LogP contribution in [0.4, 0.5) is 9.18 Å². The Hall–Kier alpha value is -1.13. The third kappa shape index (κ3) is 5.32. The summed E-state index contributed by atoms with van der Waals surface area (Å²) in [5.74, 6) is 0. The standard InChI is InChI=1S/C6H11FN2O2/c1-3-11-6(10)9-8-5(2)4-7/h3-4H2,1-2H3,(H,9,10)/b8-5+. The highest BCUT2D eigenvalue weighted by molar-refractivity contribution is 5.84. The lowest BCUT2D eigenvalue weighted by molar-refractivity contribution is 0.152. The highest BCUT2D eigenvalue weighted by atomic mass is 19.1. The number of alkyl halides is 1. The molecule has 0 aliphatic heterocycles. The topological polar surface area (TPSA) is 50.7 Å². The zero-order valence-corrected chi connectivity index (χ0v) is 6.56. The summed E-state index contributed by atoms with van der Waals surface area (Å²) in [7, 11) is 0. The predicted molar refractivity (Wildman–Crippen MR) is 39.2 cm³/mol. The first-order valence-corrected chi connectivity index (χ1v) is 3.22. The van der Waals surface area contributed by atoms with Crippen LogP contribution < -0.4 is 5.43 Å².